The first kappa shape index (κ1) is 37.7. The van der Waals surface area contributed by atoms with Crippen molar-refractivity contribution >= 4 is 23.6 Å². The molecule has 0 bridgehead atoms. The molecule has 3 aliphatic rings. The van der Waals surface area contributed by atoms with Crippen LogP contribution in [0.5, 0.6) is 11.5 Å². The molecule has 50 heavy (non-hydrogen) atoms. The molecule has 1 fully saturated rings. The number of methoxy groups -OCH3 is 1. The van der Waals surface area contributed by atoms with Crippen molar-refractivity contribution in [1.29, 1.82) is 0 Å². The molecule has 5 rings (SSSR count). The lowest BCUT2D eigenvalue weighted by Gasteiger charge is -2.59. The fraction of sp³-hybridized carbons (Fsp3) is 0.538. The Balaban J connectivity index is 1.63. The molecular formula is C39H52N2O8S. The lowest BCUT2D eigenvalue weighted by molar-refractivity contribution is -0.253. The van der Waals surface area contributed by atoms with Gasteiger partial charge in [0.2, 0.25) is 5.79 Å². The van der Waals surface area contributed by atoms with Crippen molar-refractivity contribution in [3.05, 3.63) is 78.4 Å². The lowest BCUT2D eigenvalue weighted by atomic mass is 9.55. The van der Waals surface area contributed by atoms with Crippen molar-refractivity contribution in [2.45, 2.75) is 67.6 Å². The van der Waals surface area contributed by atoms with Crippen molar-refractivity contribution in [1.82, 2.24) is 4.90 Å². The number of carbonyl (C=O) groups is 1. The number of likely N-dealkylation sites (N-methyl/N-ethyl adjacent to an activating group) is 1. The molecule has 2 aromatic carbocycles. The monoisotopic (exact) mass is 708 g/mol. The standard InChI is InChI=1S/C39H52N2O8S/c1-5-21-48-39-35(41(2)38(44)45-3)26-33(40-46-4)31-24-27(13-9-11-19-42)30(16-10-12-20-43)36(37(31)39)32-25-28(17-18-34(32)49-39)47-22-23-50-29-14-7-6-8-15-29/h5-8,14-15,17-18,24-25,27,30,35-37,42-43H,1,9-13,16,19-23,26H2,2-4H3/t27-,30+,35-,36+,37+,39+/m0/s1. The van der Waals surface area contributed by atoms with Gasteiger partial charge in [-0.2, -0.15) is 0 Å². The Kier molecular flexibility index (Phi) is 13.7. The second-order valence-corrected chi connectivity index (χ2v) is 14.2. The molecule has 10 nitrogen and oxygen atoms in total. The third kappa shape index (κ3) is 8.17. The average molecular weight is 709 g/mol. The van der Waals surface area contributed by atoms with E-state index in [1.54, 1.807) is 29.8 Å². The highest BCUT2D eigenvalue weighted by atomic mass is 32.2. The fourth-order valence-corrected chi connectivity index (χ4v) is 8.79. The smallest absolute Gasteiger partial charge is 0.409 e. The Morgan fingerprint density at radius 1 is 1.10 bits per heavy atom. The van der Waals surface area contributed by atoms with Crippen LogP contribution in [0.15, 0.2) is 82.9 Å². The van der Waals surface area contributed by atoms with Gasteiger partial charge in [-0.1, -0.05) is 48.3 Å². The van der Waals surface area contributed by atoms with E-state index in [2.05, 4.69) is 36.0 Å². The molecule has 2 aromatic rings. The number of ether oxygens (including phenoxy) is 4. The van der Waals surface area contributed by atoms with E-state index in [4.69, 9.17) is 23.8 Å². The van der Waals surface area contributed by atoms with Crippen molar-refractivity contribution < 1.29 is 38.8 Å². The van der Waals surface area contributed by atoms with Crippen LogP contribution >= 0.6 is 11.8 Å². The highest BCUT2D eigenvalue weighted by Crippen LogP contribution is 2.61. The number of hydrogen-bond donors (Lipinski definition) is 2. The molecule has 11 heteroatoms. The van der Waals surface area contributed by atoms with Crippen LogP contribution in [0.1, 0.15) is 56.4 Å². The third-order valence-electron chi connectivity index (χ3n) is 10.1. The minimum Gasteiger partial charge on any atom is -0.493 e. The summed E-state index contributed by atoms with van der Waals surface area (Å²) in [6.07, 6.45) is 8.69. The Morgan fingerprint density at radius 2 is 1.86 bits per heavy atom. The number of allylic oxidation sites excluding steroid dienone is 1. The van der Waals surface area contributed by atoms with E-state index in [1.807, 2.05) is 30.3 Å². The van der Waals surface area contributed by atoms with Crippen LogP contribution < -0.4 is 9.47 Å². The maximum Gasteiger partial charge on any atom is 0.409 e. The predicted octanol–water partition coefficient (Wildman–Crippen LogP) is 6.82. The van der Waals surface area contributed by atoms with Gasteiger partial charge in [-0.05, 0) is 73.4 Å². The van der Waals surface area contributed by atoms with Crippen molar-refractivity contribution in [3.63, 3.8) is 0 Å². The molecule has 0 unspecified atom stereocenters. The van der Waals surface area contributed by atoms with Crippen LogP contribution in [0.2, 0.25) is 0 Å². The van der Waals surface area contributed by atoms with E-state index in [0.29, 0.717) is 31.6 Å². The van der Waals surface area contributed by atoms with Gasteiger partial charge in [0.05, 0.1) is 32.0 Å². The first-order valence-electron chi connectivity index (χ1n) is 17.6. The number of nitrogens with zero attached hydrogens (tertiary/aromatic N) is 2. The molecule has 2 N–H and O–H groups in total. The number of oxime groups is 1. The number of amides is 1. The topological polar surface area (TPSA) is 119 Å². The van der Waals surface area contributed by atoms with E-state index in [0.717, 1.165) is 54.0 Å². The summed E-state index contributed by atoms with van der Waals surface area (Å²) in [4.78, 5) is 21.4. The summed E-state index contributed by atoms with van der Waals surface area (Å²) < 4.78 is 25.4. The number of benzene rings is 2. The second kappa shape index (κ2) is 18.1. The van der Waals surface area contributed by atoms with E-state index in [9.17, 15) is 15.0 Å². The minimum atomic E-state index is -1.30. The Labute approximate surface area is 300 Å². The quantitative estimate of drug-likeness (QED) is 0.0745. The number of hydrogen-bond acceptors (Lipinski definition) is 10. The predicted molar refractivity (Wildman–Crippen MR) is 195 cm³/mol. The van der Waals surface area contributed by atoms with Crippen LogP contribution in [-0.4, -0.2) is 92.2 Å². The van der Waals surface area contributed by atoms with Gasteiger partial charge in [0.1, 0.15) is 24.7 Å². The molecule has 1 heterocycles. The zero-order chi connectivity index (χ0) is 35.5. The molecule has 2 aliphatic carbocycles. The number of carbonyl (C=O) groups excluding carboxylic acids is 1. The Hall–Kier alpha value is -3.51. The normalized spacial score (nSPS) is 25.8. The Bertz CT molecular complexity index is 1490. The minimum absolute atomic E-state index is 0.112. The molecule has 0 spiro atoms. The van der Waals surface area contributed by atoms with Gasteiger partial charge in [0, 0.05) is 48.8 Å². The second-order valence-electron chi connectivity index (χ2n) is 13.0. The number of rotatable bonds is 18. The van der Waals surface area contributed by atoms with Crippen molar-refractivity contribution in [2.24, 2.45) is 22.9 Å². The van der Waals surface area contributed by atoms with Gasteiger partial charge in [0.15, 0.2) is 0 Å². The fourth-order valence-electron chi connectivity index (χ4n) is 8.03. The molecule has 1 aliphatic heterocycles. The number of unbranched alkanes of at least 4 members (excludes halogenated alkanes) is 2. The SMILES string of the molecule is C=CCO[C@@]12Oc3ccc(OCCSc4ccccc4)cc3[C@H]3[C@H](CCCCO)[C@@H](CCCCO)C=C(C(=NOC)C[C@@H]1N(C)C(=O)OC)[C@H]32. The Morgan fingerprint density at radius 3 is 2.56 bits per heavy atom. The summed E-state index contributed by atoms with van der Waals surface area (Å²) >= 11 is 1.75. The van der Waals surface area contributed by atoms with Gasteiger partial charge >= 0.3 is 6.09 Å². The maximum atomic E-state index is 13.2. The zero-order valence-electron chi connectivity index (χ0n) is 29.5. The average Bonchev–Trinajstić information content (AvgIpc) is 3.14. The maximum absolute atomic E-state index is 13.2. The van der Waals surface area contributed by atoms with Crippen LogP contribution in [-0.2, 0) is 14.3 Å². The summed E-state index contributed by atoms with van der Waals surface area (Å²) in [6, 6.07) is 15.7. The van der Waals surface area contributed by atoms with Crippen molar-refractivity contribution in [2.75, 3.05) is 53.4 Å². The van der Waals surface area contributed by atoms with E-state index in [-0.39, 0.29) is 43.5 Å². The summed E-state index contributed by atoms with van der Waals surface area (Å²) in [7, 11) is 4.60. The first-order chi connectivity index (χ1) is 24.4. The van der Waals surface area contributed by atoms with Gasteiger partial charge in [-0.15, -0.1) is 18.3 Å². The van der Waals surface area contributed by atoms with Crippen LogP contribution in [0.25, 0.3) is 0 Å². The molecule has 0 radical (unpaired) electrons. The summed E-state index contributed by atoms with van der Waals surface area (Å²) in [6.45, 7) is 4.93. The van der Waals surface area contributed by atoms with Gasteiger partial charge in [-0.25, -0.2) is 4.79 Å². The number of fused-ring (bicyclic) bond motifs is 2. The van der Waals surface area contributed by atoms with Gasteiger partial charge < -0.3 is 38.9 Å². The molecule has 1 amide bonds. The van der Waals surface area contributed by atoms with Gasteiger partial charge in [-0.3, -0.25) is 0 Å². The van der Waals surface area contributed by atoms with E-state index >= 15 is 0 Å². The van der Waals surface area contributed by atoms with E-state index < -0.39 is 17.9 Å². The van der Waals surface area contributed by atoms with Crippen LogP contribution in [0.3, 0.4) is 0 Å². The van der Waals surface area contributed by atoms with E-state index in [1.165, 1.54) is 19.1 Å². The molecule has 272 valence electrons. The molecular weight excluding hydrogens is 657 g/mol. The molecule has 0 saturated heterocycles. The lowest BCUT2D eigenvalue weighted by Crippen LogP contribution is -2.69. The first-order valence-corrected chi connectivity index (χ1v) is 18.6. The highest BCUT2D eigenvalue weighted by Gasteiger charge is 2.65. The van der Waals surface area contributed by atoms with Crippen molar-refractivity contribution in [3.8, 4) is 11.5 Å². The number of aliphatic hydroxyl groups excluding tert-OH is 2. The summed E-state index contributed by atoms with van der Waals surface area (Å²) in [5.74, 6) is 0.747. The highest BCUT2D eigenvalue weighted by molar-refractivity contribution is 7.99. The summed E-state index contributed by atoms with van der Waals surface area (Å²) in [5.41, 5.74) is 2.74. The molecule has 0 aromatic heterocycles. The number of aliphatic hydroxyl groups is 2. The third-order valence-corrected chi connectivity index (χ3v) is 11.1. The zero-order valence-corrected chi connectivity index (χ0v) is 30.3. The van der Waals surface area contributed by atoms with Crippen LogP contribution in [0, 0.1) is 17.8 Å². The number of thioether (sulfide) groups is 1. The molecule has 1 saturated carbocycles. The molecule has 6 atom stereocenters. The largest absolute Gasteiger partial charge is 0.493 e. The van der Waals surface area contributed by atoms with Gasteiger partial charge in [0.25, 0.3) is 0 Å². The van der Waals surface area contributed by atoms with Crippen LogP contribution in [0.4, 0.5) is 4.79 Å². The summed E-state index contributed by atoms with van der Waals surface area (Å²) in [5, 5.41) is 24.0.